The van der Waals surface area contributed by atoms with E-state index in [0.29, 0.717) is 0 Å². The van der Waals surface area contributed by atoms with Crippen molar-refractivity contribution in [1.82, 2.24) is 4.98 Å². The number of fused-ring (bicyclic) bond motifs is 1. The quantitative estimate of drug-likeness (QED) is 0.723. The van der Waals surface area contributed by atoms with Crippen LogP contribution in [0.2, 0.25) is 5.02 Å². The second kappa shape index (κ2) is 5.81. The number of hydrogen-bond acceptors (Lipinski definition) is 3. The van der Waals surface area contributed by atoms with Crippen LogP contribution in [0.4, 0.5) is 5.13 Å². The molecule has 102 valence electrons. The molecule has 0 fully saturated rings. The van der Waals surface area contributed by atoms with Gasteiger partial charge in [-0.05, 0) is 35.7 Å². The Hall–Kier alpha value is -1.58. The van der Waals surface area contributed by atoms with E-state index >= 15 is 0 Å². The monoisotopic (exact) mass is 302 g/mol. The first-order valence-electron chi connectivity index (χ1n) is 6.63. The van der Waals surface area contributed by atoms with Crippen LogP contribution in [-0.4, -0.2) is 4.98 Å². The Morgan fingerprint density at radius 2 is 1.95 bits per heavy atom. The van der Waals surface area contributed by atoms with E-state index in [4.69, 9.17) is 11.6 Å². The number of rotatable bonds is 4. The number of nitrogens with zero attached hydrogens (tertiary/aromatic N) is 1. The SMILES string of the molecule is CCc1ccccc1CNc1nc2ccc(Cl)cc2s1. The van der Waals surface area contributed by atoms with Gasteiger partial charge in [-0.15, -0.1) is 0 Å². The van der Waals surface area contributed by atoms with Crippen LogP contribution in [0.5, 0.6) is 0 Å². The predicted octanol–water partition coefficient (Wildman–Crippen LogP) is 5.12. The maximum absolute atomic E-state index is 6.00. The molecule has 0 aliphatic carbocycles. The number of benzene rings is 2. The van der Waals surface area contributed by atoms with Crippen LogP contribution in [0, 0.1) is 0 Å². The number of halogens is 1. The molecule has 0 aliphatic rings. The van der Waals surface area contributed by atoms with Gasteiger partial charge in [0.1, 0.15) is 0 Å². The molecule has 0 atom stereocenters. The molecule has 20 heavy (non-hydrogen) atoms. The van der Waals surface area contributed by atoms with Crippen LogP contribution in [0.15, 0.2) is 42.5 Å². The first-order chi connectivity index (χ1) is 9.76. The molecule has 3 rings (SSSR count). The third-order valence-corrected chi connectivity index (χ3v) is 4.49. The lowest BCUT2D eigenvalue weighted by Gasteiger charge is -2.07. The van der Waals surface area contributed by atoms with E-state index in [2.05, 4.69) is 41.5 Å². The van der Waals surface area contributed by atoms with Crippen molar-refractivity contribution in [3.8, 4) is 0 Å². The molecule has 0 spiro atoms. The average Bonchev–Trinajstić information content (AvgIpc) is 2.87. The molecule has 3 aromatic rings. The lowest BCUT2D eigenvalue weighted by Crippen LogP contribution is -2.01. The average molecular weight is 303 g/mol. The van der Waals surface area contributed by atoms with Crippen LogP contribution in [0.1, 0.15) is 18.1 Å². The highest BCUT2D eigenvalue weighted by Crippen LogP contribution is 2.28. The summed E-state index contributed by atoms with van der Waals surface area (Å²) in [5, 5.41) is 5.10. The molecular weight excluding hydrogens is 288 g/mol. The van der Waals surface area contributed by atoms with Crippen molar-refractivity contribution in [3.63, 3.8) is 0 Å². The van der Waals surface area contributed by atoms with Gasteiger partial charge >= 0.3 is 0 Å². The molecule has 0 radical (unpaired) electrons. The Labute approximate surface area is 127 Å². The minimum atomic E-state index is 0.754. The normalized spacial score (nSPS) is 10.9. The lowest BCUT2D eigenvalue weighted by molar-refractivity contribution is 1.04. The minimum Gasteiger partial charge on any atom is -0.357 e. The van der Waals surface area contributed by atoms with Gasteiger partial charge in [0.2, 0.25) is 0 Å². The fraction of sp³-hybridized carbons (Fsp3) is 0.188. The molecule has 0 bridgehead atoms. The van der Waals surface area contributed by atoms with Gasteiger partial charge < -0.3 is 5.32 Å². The summed E-state index contributed by atoms with van der Waals surface area (Å²) in [5.41, 5.74) is 3.70. The molecule has 2 nitrogen and oxygen atoms in total. The number of hydrogen-bond donors (Lipinski definition) is 1. The third-order valence-electron chi connectivity index (χ3n) is 3.28. The molecular formula is C16H15ClN2S. The third kappa shape index (κ3) is 2.79. The second-order valence-electron chi connectivity index (χ2n) is 4.61. The summed E-state index contributed by atoms with van der Waals surface area (Å²) in [6, 6.07) is 14.3. The van der Waals surface area contributed by atoms with E-state index in [0.717, 1.165) is 33.3 Å². The van der Waals surface area contributed by atoms with Crippen molar-refractivity contribution in [2.24, 2.45) is 0 Å². The van der Waals surface area contributed by atoms with E-state index in [1.54, 1.807) is 11.3 Å². The van der Waals surface area contributed by atoms with Crippen LogP contribution in [0.25, 0.3) is 10.2 Å². The molecule has 2 aromatic carbocycles. The Kier molecular flexibility index (Phi) is 3.90. The van der Waals surface area contributed by atoms with Crippen molar-refractivity contribution in [1.29, 1.82) is 0 Å². The van der Waals surface area contributed by atoms with Gasteiger partial charge in [0.25, 0.3) is 0 Å². The van der Waals surface area contributed by atoms with E-state index < -0.39 is 0 Å². The molecule has 1 heterocycles. The summed E-state index contributed by atoms with van der Waals surface area (Å²) < 4.78 is 1.11. The first kappa shape index (κ1) is 13.4. The summed E-state index contributed by atoms with van der Waals surface area (Å²) in [6.07, 6.45) is 1.05. The van der Waals surface area contributed by atoms with Crippen molar-refractivity contribution >= 4 is 38.3 Å². The largest absolute Gasteiger partial charge is 0.357 e. The Bertz CT molecular complexity index is 736. The van der Waals surface area contributed by atoms with Gasteiger partial charge in [-0.25, -0.2) is 4.98 Å². The standard InChI is InChI=1S/C16H15ClN2S/c1-2-11-5-3-4-6-12(11)10-18-16-19-14-8-7-13(17)9-15(14)20-16/h3-9H,2,10H2,1H3,(H,18,19). The highest BCUT2D eigenvalue weighted by atomic mass is 35.5. The first-order valence-corrected chi connectivity index (χ1v) is 7.82. The molecule has 1 aromatic heterocycles. The number of aromatic nitrogens is 1. The van der Waals surface area contributed by atoms with Crippen molar-refractivity contribution in [2.45, 2.75) is 19.9 Å². The molecule has 1 N–H and O–H groups in total. The van der Waals surface area contributed by atoms with E-state index in [1.165, 1.54) is 11.1 Å². The zero-order valence-electron chi connectivity index (χ0n) is 11.2. The summed E-state index contributed by atoms with van der Waals surface area (Å²) in [6.45, 7) is 2.98. The van der Waals surface area contributed by atoms with Gasteiger partial charge in [0.15, 0.2) is 5.13 Å². The summed E-state index contributed by atoms with van der Waals surface area (Å²) >= 11 is 7.64. The Balaban J connectivity index is 1.79. The summed E-state index contributed by atoms with van der Waals surface area (Å²) in [7, 11) is 0. The van der Waals surface area contributed by atoms with Gasteiger partial charge in [0, 0.05) is 11.6 Å². The van der Waals surface area contributed by atoms with Crippen LogP contribution >= 0.6 is 22.9 Å². The van der Waals surface area contributed by atoms with Crippen LogP contribution in [-0.2, 0) is 13.0 Å². The number of nitrogens with one attached hydrogen (secondary N) is 1. The van der Waals surface area contributed by atoms with Crippen molar-refractivity contribution in [2.75, 3.05) is 5.32 Å². The molecule has 0 saturated heterocycles. The topological polar surface area (TPSA) is 24.9 Å². The summed E-state index contributed by atoms with van der Waals surface area (Å²) in [5.74, 6) is 0. The Morgan fingerprint density at radius 1 is 1.15 bits per heavy atom. The van der Waals surface area contributed by atoms with E-state index in [-0.39, 0.29) is 0 Å². The highest BCUT2D eigenvalue weighted by molar-refractivity contribution is 7.22. The maximum atomic E-state index is 6.00. The molecule has 0 saturated carbocycles. The van der Waals surface area contributed by atoms with Crippen LogP contribution < -0.4 is 5.32 Å². The van der Waals surface area contributed by atoms with Crippen LogP contribution in [0.3, 0.4) is 0 Å². The van der Waals surface area contributed by atoms with Gasteiger partial charge in [-0.1, -0.05) is 54.1 Å². The van der Waals surface area contributed by atoms with Crippen molar-refractivity contribution in [3.05, 3.63) is 58.6 Å². The minimum absolute atomic E-state index is 0.754. The van der Waals surface area contributed by atoms with E-state index in [9.17, 15) is 0 Å². The highest BCUT2D eigenvalue weighted by Gasteiger charge is 2.05. The summed E-state index contributed by atoms with van der Waals surface area (Å²) in [4.78, 5) is 4.57. The molecule has 0 unspecified atom stereocenters. The lowest BCUT2D eigenvalue weighted by atomic mass is 10.1. The number of aryl methyl sites for hydroxylation is 1. The number of anilines is 1. The molecule has 4 heteroatoms. The molecule has 0 amide bonds. The zero-order valence-corrected chi connectivity index (χ0v) is 12.8. The van der Waals surface area contributed by atoms with Gasteiger partial charge in [0.05, 0.1) is 10.2 Å². The second-order valence-corrected chi connectivity index (χ2v) is 6.07. The van der Waals surface area contributed by atoms with Gasteiger partial charge in [-0.2, -0.15) is 0 Å². The number of thiazole rings is 1. The smallest absolute Gasteiger partial charge is 0.184 e. The van der Waals surface area contributed by atoms with E-state index in [1.807, 2.05) is 18.2 Å². The Morgan fingerprint density at radius 3 is 2.75 bits per heavy atom. The fourth-order valence-electron chi connectivity index (χ4n) is 2.22. The molecule has 0 aliphatic heterocycles. The fourth-order valence-corrected chi connectivity index (χ4v) is 3.36. The predicted molar refractivity (Wildman–Crippen MR) is 87.8 cm³/mol. The van der Waals surface area contributed by atoms with Gasteiger partial charge in [-0.3, -0.25) is 0 Å². The zero-order chi connectivity index (χ0) is 13.9. The van der Waals surface area contributed by atoms with Crippen molar-refractivity contribution < 1.29 is 0 Å². The maximum Gasteiger partial charge on any atom is 0.184 e.